The molecule has 0 aliphatic heterocycles. The third kappa shape index (κ3) is 3.44. The van der Waals surface area contributed by atoms with Gasteiger partial charge >= 0.3 is 0 Å². The van der Waals surface area contributed by atoms with Crippen molar-refractivity contribution in [3.8, 4) is 11.3 Å². The zero-order chi connectivity index (χ0) is 16.2. The van der Waals surface area contributed by atoms with Crippen molar-refractivity contribution < 1.29 is 9.18 Å². The average Bonchev–Trinajstić information content (AvgIpc) is 3.18. The van der Waals surface area contributed by atoms with Crippen LogP contribution >= 0.6 is 0 Å². The molecule has 1 heterocycles. The van der Waals surface area contributed by atoms with Gasteiger partial charge in [-0.1, -0.05) is 38.3 Å². The normalized spacial score (nSPS) is 15.0. The van der Waals surface area contributed by atoms with Crippen LogP contribution in [-0.2, 0) is 11.2 Å². The zero-order valence-corrected chi connectivity index (χ0v) is 13.4. The number of amides is 1. The van der Waals surface area contributed by atoms with Gasteiger partial charge in [-0.25, -0.2) is 4.39 Å². The van der Waals surface area contributed by atoms with Crippen LogP contribution in [0.4, 0.5) is 10.1 Å². The zero-order valence-electron chi connectivity index (χ0n) is 13.4. The molecule has 0 atom stereocenters. The Bertz CT molecular complexity index is 689. The molecule has 4 nitrogen and oxygen atoms in total. The van der Waals surface area contributed by atoms with Gasteiger partial charge in [-0.3, -0.25) is 9.89 Å². The van der Waals surface area contributed by atoms with Crippen LogP contribution in [0.3, 0.4) is 0 Å². The molecular formula is C18H22FN3O. The Morgan fingerprint density at radius 2 is 2.17 bits per heavy atom. The minimum atomic E-state index is -0.310. The summed E-state index contributed by atoms with van der Waals surface area (Å²) >= 11 is 0. The van der Waals surface area contributed by atoms with Gasteiger partial charge in [0.25, 0.3) is 0 Å². The first kappa shape index (κ1) is 15.7. The number of aromatic amines is 1. The third-order valence-electron chi connectivity index (χ3n) is 4.41. The molecule has 1 fully saturated rings. The van der Waals surface area contributed by atoms with Crippen LogP contribution in [0.5, 0.6) is 0 Å². The SMILES string of the molecule is CCCc1[nH]nc(-c2cccc(F)c2)c1NC(=O)C1CCCC1. The lowest BCUT2D eigenvalue weighted by Crippen LogP contribution is -2.21. The molecule has 1 saturated carbocycles. The Balaban J connectivity index is 1.92. The average molecular weight is 315 g/mol. The molecule has 2 aromatic rings. The number of H-pyrrole nitrogens is 1. The number of rotatable bonds is 5. The molecule has 0 bridgehead atoms. The molecule has 0 unspecified atom stereocenters. The van der Waals surface area contributed by atoms with E-state index in [4.69, 9.17) is 0 Å². The minimum Gasteiger partial charge on any atom is -0.322 e. The number of hydrogen-bond acceptors (Lipinski definition) is 2. The molecule has 1 aliphatic rings. The second-order valence-corrected chi connectivity index (χ2v) is 6.16. The summed E-state index contributed by atoms with van der Waals surface area (Å²) in [5, 5.41) is 10.4. The highest BCUT2D eigenvalue weighted by Gasteiger charge is 2.25. The first-order valence-electron chi connectivity index (χ1n) is 8.33. The number of carbonyl (C=O) groups excluding carboxylic acids is 1. The molecule has 0 radical (unpaired) electrons. The number of aromatic nitrogens is 2. The van der Waals surface area contributed by atoms with Crippen molar-refractivity contribution >= 4 is 11.6 Å². The van der Waals surface area contributed by atoms with Crippen molar-refractivity contribution in [2.45, 2.75) is 45.4 Å². The van der Waals surface area contributed by atoms with Gasteiger partial charge in [0.15, 0.2) is 0 Å². The lowest BCUT2D eigenvalue weighted by molar-refractivity contribution is -0.119. The molecule has 23 heavy (non-hydrogen) atoms. The topological polar surface area (TPSA) is 57.8 Å². The predicted molar refractivity (Wildman–Crippen MR) is 88.6 cm³/mol. The quantitative estimate of drug-likeness (QED) is 0.864. The lowest BCUT2D eigenvalue weighted by atomic mass is 10.1. The van der Waals surface area contributed by atoms with Crippen LogP contribution in [0, 0.1) is 11.7 Å². The molecule has 1 aliphatic carbocycles. The van der Waals surface area contributed by atoms with Crippen molar-refractivity contribution in [2.24, 2.45) is 5.92 Å². The van der Waals surface area contributed by atoms with Gasteiger partial charge in [0.2, 0.25) is 5.91 Å². The Labute approximate surface area is 135 Å². The Kier molecular flexibility index (Phi) is 4.74. The van der Waals surface area contributed by atoms with E-state index in [1.54, 1.807) is 12.1 Å². The highest BCUT2D eigenvalue weighted by atomic mass is 19.1. The van der Waals surface area contributed by atoms with Crippen LogP contribution in [-0.4, -0.2) is 16.1 Å². The fourth-order valence-corrected chi connectivity index (χ4v) is 3.20. The number of nitrogens with one attached hydrogen (secondary N) is 2. The molecule has 1 aromatic carbocycles. The van der Waals surface area contributed by atoms with Crippen molar-refractivity contribution in [2.75, 3.05) is 5.32 Å². The molecular weight excluding hydrogens is 293 g/mol. The summed E-state index contributed by atoms with van der Waals surface area (Å²) in [5.41, 5.74) is 2.89. The fourth-order valence-electron chi connectivity index (χ4n) is 3.20. The number of halogens is 1. The first-order chi connectivity index (χ1) is 11.2. The lowest BCUT2D eigenvalue weighted by Gasteiger charge is -2.12. The van der Waals surface area contributed by atoms with Crippen LogP contribution in [0.2, 0.25) is 0 Å². The number of nitrogens with zero attached hydrogens (tertiary/aromatic N) is 1. The number of hydrogen-bond donors (Lipinski definition) is 2. The minimum absolute atomic E-state index is 0.0545. The van der Waals surface area contributed by atoms with Gasteiger partial charge in [0.05, 0.1) is 11.4 Å². The van der Waals surface area contributed by atoms with E-state index in [0.29, 0.717) is 16.9 Å². The van der Waals surface area contributed by atoms with E-state index >= 15 is 0 Å². The number of anilines is 1. The molecule has 122 valence electrons. The molecule has 1 amide bonds. The highest BCUT2D eigenvalue weighted by molar-refractivity contribution is 5.97. The van der Waals surface area contributed by atoms with Gasteiger partial charge in [0, 0.05) is 11.5 Å². The molecule has 5 heteroatoms. The van der Waals surface area contributed by atoms with E-state index in [1.165, 1.54) is 12.1 Å². The Hall–Kier alpha value is -2.17. The smallest absolute Gasteiger partial charge is 0.227 e. The maximum atomic E-state index is 13.5. The van der Waals surface area contributed by atoms with Crippen LogP contribution in [0.15, 0.2) is 24.3 Å². The summed E-state index contributed by atoms with van der Waals surface area (Å²) in [6.45, 7) is 2.07. The van der Waals surface area contributed by atoms with Gasteiger partial charge in [-0.2, -0.15) is 5.10 Å². The highest BCUT2D eigenvalue weighted by Crippen LogP contribution is 2.32. The van der Waals surface area contributed by atoms with E-state index in [1.807, 2.05) is 0 Å². The van der Waals surface area contributed by atoms with Crippen molar-refractivity contribution in [1.29, 1.82) is 0 Å². The van der Waals surface area contributed by atoms with E-state index in [9.17, 15) is 9.18 Å². The summed E-state index contributed by atoms with van der Waals surface area (Å²) in [6, 6.07) is 6.30. The molecule has 1 aromatic heterocycles. The summed E-state index contributed by atoms with van der Waals surface area (Å²) in [4.78, 5) is 12.5. The van der Waals surface area contributed by atoms with Gasteiger partial charge < -0.3 is 5.32 Å². The molecule has 2 N–H and O–H groups in total. The summed E-state index contributed by atoms with van der Waals surface area (Å²) < 4.78 is 13.5. The van der Waals surface area contributed by atoms with Crippen molar-refractivity contribution in [3.05, 3.63) is 35.8 Å². The van der Waals surface area contributed by atoms with Crippen LogP contribution in [0.1, 0.15) is 44.7 Å². The maximum Gasteiger partial charge on any atom is 0.227 e. The number of benzene rings is 1. The van der Waals surface area contributed by atoms with Gasteiger partial charge in [0.1, 0.15) is 11.5 Å². The number of carbonyl (C=O) groups is 1. The van der Waals surface area contributed by atoms with E-state index in [0.717, 1.165) is 44.2 Å². The molecule has 0 saturated heterocycles. The summed E-state index contributed by atoms with van der Waals surface area (Å²) in [5.74, 6) is -0.172. The van der Waals surface area contributed by atoms with E-state index in [2.05, 4.69) is 22.4 Å². The molecule has 0 spiro atoms. The number of aryl methyl sites for hydroxylation is 1. The second kappa shape index (κ2) is 6.94. The Morgan fingerprint density at radius 3 is 2.87 bits per heavy atom. The van der Waals surface area contributed by atoms with Gasteiger partial charge in [-0.05, 0) is 31.4 Å². The third-order valence-corrected chi connectivity index (χ3v) is 4.41. The van der Waals surface area contributed by atoms with Crippen molar-refractivity contribution in [3.63, 3.8) is 0 Å². The summed E-state index contributed by atoms with van der Waals surface area (Å²) in [7, 11) is 0. The monoisotopic (exact) mass is 315 g/mol. The summed E-state index contributed by atoms with van der Waals surface area (Å²) in [6.07, 6.45) is 5.86. The Morgan fingerprint density at radius 1 is 1.39 bits per heavy atom. The van der Waals surface area contributed by atoms with Crippen LogP contribution in [0.25, 0.3) is 11.3 Å². The first-order valence-corrected chi connectivity index (χ1v) is 8.33. The maximum absolute atomic E-state index is 13.5. The van der Waals surface area contributed by atoms with Crippen molar-refractivity contribution in [1.82, 2.24) is 10.2 Å². The molecule has 3 rings (SSSR count). The predicted octanol–water partition coefficient (Wildman–Crippen LogP) is 4.30. The van der Waals surface area contributed by atoms with E-state index in [-0.39, 0.29) is 17.6 Å². The largest absolute Gasteiger partial charge is 0.322 e. The van der Waals surface area contributed by atoms with Gasteiger partial charge in [-0.15, -0.1) is 0 Å². The second-order valence-electron chi connectivity index (χ2n) is 6.16. The fraction of sp³-hybridized carbons (Fsp3) is 0.444. The standard InChI is InChI=1S/C18H22FN3O/c1-2-6-15-17(20-18(23)12-7-3-4-8-12)16(22-21-15)13-9-5-10-14(19)11-13/h5,9-12H,2-4,6-8H2,1H3,(H,20,23)(H,21,22). The van der Waals surface area contributed by atoms with Crippen LogP contribution < -0.4 is 5.32 Å². The van der Waals surface area contributed by atoms with E-state index < -0.39 is 0 Å².